The van der Waals surface area contributed by atoms with Crippen LogP contribution in [0.1, 0.15) is 42.8 Å². The second-order valence-corrected chi connectivity index (χ2v) is 5.78. The van der Waals surface area contributed by atoms with Gasteiger partial charge < -0.3 is 20.7 Å². The first-order valence-electron chi connectivity index (χ1n) is 7.43. The number of nitrogens with two attached hydrogens (primary N) is 1. The maximum absolute atomic E-state index is 12.0. The Morgan fingerprint density at radius 1 is 1.38 bits per heavy atom. The molecule has 0 bridgehead atoms. The summed E-state index contributed by atoms with van der Waals surface area (Å²) in [6.45, 7) is 7.02. The molecule has 0 saturated heterocycles. The van der Waals surface area contributed by atoms with E-state index in [4.69, 9.17) is 10.5 Å². The first-order valence-corrected chi connectivity index (χ1v) is 8.25. The van der Waals surface area contributed by atoms with Crippen LogP contribution in [0.2, 0.25) is 0 Å². The number of unbranched alkanes of at least 4 members (excludes halogenated alkanes) is 1. The Bertz CT molecular complexity index is 437. The van der Waals surface area contributed by atoms with Gasteiger partial charge in [0.2, 0.25) is 0 Å². The maximum Gasteiger partial charge on any atom is 0.265 e. The zero-order valence-electron chi connectivity index (χ0n) is 13.1. The molecule has 0 atom stereocenters. The van der Waals surface area contributed by atoms with E-state index in [9.17, 15) is 4.79 Å². The van der Waals surface area contributed by atoms with Crippen LogP contribution in [-0.4, -0.2) is 44.2 Å². The lowest BCUT2D eigenvalue weighted by molar-refractivity contribution is 0.0945. The van der Waals surface area contributed by atoms with Gasteiger partial charge in [0.15, 0.2) is 5.13 Å². The van der Waals surface area contributed by atoms with Crippen LogP contribution >= 0.6 is 11.3 Å². The Morgan fingerprint density at radius 2 is 2.10 bits per heavy atom. The molecule has 1 amide bonds. The third-order valence-electron chi connectivity index (χ3n) is 3.04. The van der Waals surface area contributed by atoms with Gasteiger partial charge in [-0.3, -0.25) is 4.79 Å². The molecule has 0 aliphatic carbocycles. The highest BCUT2D eigenvalue weighted by Gasteiger charge is 2.17. The minimum absolute atomic E-state index is 0.158. The summed E-state index contributed by atoms with van der Waals surface area (Å²) in [4.78, 5) is 18.7. The number of carbonyl (C=O) groups excluding carboxylic acids is 1. The van der Waals surface area contributed by atoms with Crippen molar-refractivity contribution in [3.8, 4) is 0 Å². The van der Waals surface area contributed by atoms with Gasteiger partial charge in [-0.05, 0) is 19.8 Å². The Morgan fingerprint density at radius 3 is 2.76 bits per heavy atom. The number of ether oxygens (including phenoxy) is 1. The number of nitrogen functional groups attached to an aromatic ring is 1. The van der Waals surface area contributed by atoms with Gasteiger partial charge in [0.25, 0.3) is 5.91 Å². The molecule has 1 rings (SSSR count). The molecular formula is C14H26N4O2S. The molecule has 6 nitrogen and oxygen atoms in total. The molecule has 1 heterocycles. The van der Waals surface area contributed by atoms with Crippen LogP contribution in [0.5, 0.6) is 0 Å². The van der Waals surface area contributed by atoms with Gasteiger partial charge in [0.1, 0.15) is 10.7 Å². The van der Waals surface area contributed by atoms with E-state index in [1.165, 1.54) is 11.3 Å². The highest BCUT2D eigenvalue weighted by atomic mass is 32.1. The van der Waals surface area contributed by atoms with Crippen LogP contribution in [-0.2, 0) is 4.74 Å². The van der Waals surface area contributed by atoms with Crippen molar-refractivity contribution in [2.75, 3.05) is 44.0 Å². The third kappa shape index (κ3) is 5.89. The summed E-state index contributed by atoms with van der Waals surface area (Å²) in [5, 5.41) is 3.62. The number of anilines is 2. The largest absolute Gasteiger partial charge is 0.382 e. The zero-order chi connectivity index (χ0) is 15.7. The van der Waals surface area contributed by atoms with Gasteiger partial charge in [-0.15, -0.1) is 0 Å². The van der Waals surface area contributed by atoms with Crippen molar-refractivity contribution in [3.63, 3.8) is 0 Å². The number of hydrogen-bond acceptors (Lipinski definition) is 6. The van der Waals surface area contributed by atoms with Gasteiger partial charge >= 0.3 is 0 Å². The number of nitrogens with zero attached hydrogens (tertiary/aromatic N) is 2. The number of rotatable bonds is 10. The molecule has 0 spiro atoms. The van der Waals surface area contributed by atoms with Crippen molar-refractivity contribution in [2.45, 2.75) is 33.1 Å². The lowest BCUT2D eigenvalue weighted by atomic mass is 10.3. The van der Waals surface area contributed by atoms with Crippen molar-refractivity contribution in [1.82, 2.24) is 10.3 Å². The fourth-order valence-electron chi connectivity index (χ4n) is 1.59. The van der Waals surface area contributed by atoms with Crippen LogP contribution in [0.3, 0.4) is 0 Å². The van der Waals surface area contributed by atoms with E-state index in [2.05, 4.69) is 17.2 Å². The number of carbonyl (C=O) groups is 1. The van der Waals surface area contributed by atoms with Crippen molar-refractivity contribution in [2.24, 2.45) is 0 Å². The number of amides is 1. The van der Waals surface area contributed by atoms with Crippen LogP contribution in [0, 0.1) is 0 Å². The molecule has 0 radical (unpaired) electrons. The SMILES string of the molecule is CCCCOCCCNC(=O)c1sc(N(C)CC)nc1N. The summed E-state index contributed by atoms with van der Waals surface area (Å²) < 4.78 is 5.44. The molecule has 21 heavy (non-hydrogen) atoms. The summed E-state index contributed by atoms with van der Waals surface area (Å²) in [5.74, 6) is 0.140. The summed E-state index contributed by atoms with van der Waals surface area (Å²) in [5.41, 5.74) is 5.81. The lowest BCUT2D eigenvalue weighted by Gasteiger charge is -2.10. The van der Waals surface area contributed by atoms with E-state index < -0.39 is 0 Å². The van der Waals surface area contributed by atoms with E-state index in [-0.39, 0.29) is 5.91 Å². The number of aromatic nitrogens is 1. The molecular weight excluding hydrogens is 288 g/mol. The maximum atomic E-state index is 12.0. The molecule has 120 valence electrons. The predicted octanol–water partition coefficient (Wildman–Crippen LogP) is 2.12. The molecule has 7 heteroatoms. The Kier molecular flexibility index (Phi) is 8.07. The Hall–Kier alpha value is -1.34. The predicted molar refractivity (Wildman–Crippen MR) is 88.1 cm³/mol. The third-order valence-corrected chi connectivity index (χ3v) is 4.23. The highest BCUT2D eigenvalue weighted by molar-refractivity contribution is 7.18. The van der Waals surface area contributed by atoms with Gasteiger partial charge in [-0.2, -0.15) is 0 Å². The minimum Gasteiger partial charge on any atom is -0.382 e. The average Bonchev–Trinajstić information content (AvgIpc) is 2.87. The lowest BCUT2D eigenvalue weighted by Crippen LogP contribution is -2.25. The van der Waals surface area contributed by atoms with Gasteiger partial charge in [-0.1, -0.05) is 24.7 Å². The van der Waals surface area contributed by atoms with Crippen molar-refractivity contribution < 1.29 is 9.53 Å². The first-order chi connectivity index (χ1) is 10.1. The van der Waals surface area contributed by atoms with E-state index in [0.29, 0.717) is 23.8 Å². The van der Waals surface area contributed by atoms with Gasteiger partial charge in [0, 0.05) is 33.4 Å². The zero-order valence-corrected chi connectivity index (χ0v) is 14.0. The summed E-state index contributed by atoms with van der Waals surface area (Å²) in [6.07, 6.45) is 3.02. The fraction of sp³-hybridized carbons (Fsp3) is 0.714. The second kappa shape index (κ2) is 9.57. The standard InChI is InChI=1S/C14H26N4O2S/c1-4-6-9-20-10-7-8-16-13(19)11-12(15)17-14(21-11)18(3)5-2/h4-10,15H2,1-3H3,(H,16,19). The topological polar surface area (TPSA) is 80.5 Å². The number of nitrogens with one attached hydrogen (secondary N) is 1. The van der Waals surface area contributed by atoms with Crippen molar-refractivity contribution >= 4 is 28.2 Å². The molecule has 0 aromatic carbocycles. The highest BCUT2D eigenvalue weighted by Crippen LogP contribution is 2.27. The fourth-order valence-corrected chi connectivity index (χ4v) is 2.51. The molecule has 1 aromatic rings. The molecule has 0 fully saturated rings. The average molecular weight is 314 g/mol. The number of thiazole rings is 1. The van der Waals surface area contributed by atoms with Crippen LogP contribution < -0.4 is 16.0 Å². The summed E-state index contributed by atoms with van der Waals surface area (Å²) in [7, 11) is 1.92. The number of hydrogen-bond donors (Lipinski definition) is 2. The smallest absolute Gasteiger partial charge is 0.265 e. The van der Waals surface area contributed by atoms with Crippen LogP contribution in [0.25, 0.3) is 0 Å². The second-order valence-electron chi connectivity index (χ2n) is 4.80. The molecule has 0 saturated carbocycles. The van der Waals surface area contributed by atoms with E-state index in [0.717, 1.165) is 37.5 Å². The molecule has 1 aromatic heterocycles. The monoisotopic (exact) mass is 314 g/mol. The van der Waals surface area contributed by atoms with Gasteiger partial charge in [0.05, 0.1) is 0 Å². The van der Waals surface area contributed by atoms with Crippen LogP contribution in [0.15, 0.2) is 0 Å². The molecule has 0 aliphatic heterocycles. The molecule has 3 N–H and O–H groups in total. The van der Waals surface area contributed by atoms with E-state index >= 15 is 0 Å². The summed E-state index contributed by atoms with van der Waals surface area (Å²) >= 11 is 1.32. The van der Waals surface area contributed by atoms with Crippen molar-refractivity contribution in [1.29, 1.82) is 0 Å². The Balaban J connectivity index is 2.33. The van der Waals surface area contributed by atoms with Crippen molar-refractivity contribution in [3.05, 3.63) is 4.88 Å². The van der Waals surface area contributed by atoms with Gasteiger partial charge in [-0.25, -0.2) is 4.98 Å². The molecule has 0 unspecified atom stereocenters. The minimum atomic E-state index is -0.158. The quantitative estimate of drug-likeness (QED) is 0.647. The van der Waals surface area contributed by atoms with E-state index in [1.54, 1.807) is 0 Å². The van der Waals surface area contributed by atoms with E-state index in [1.807, 2.05) is 18.9 Å². The summed E-state index contributed by atoms with van der Waals surface area (Å²) in [6, 6.07) is 0. The molecule has 0 aliphatic rings. The first kappa shape index (κ1) is 17.7. The van der Waals surface area contributed by atoms with Crippen LogP contribution in [0.4, 0.5) is 10.9 Å². The Labute approximate surface area is 130 Å². The normalized spacial score (nSPS) is 10.6.